The number of nitrogens with zero attached hydrogens (tertiary/aromatic N) is 2. The third-order valence-electron chi connectivity index (χ3n) is 7.26. The van der Waals surface area contributed by atoms with Crippen LogP contribution >= 0.6 is 0 Å². The van der Waals surface area contributed by atoms with Crippen LogP contribution in [0, 0.1) is 24.5 Å². The molecule has 4 aromatic carbocycles. The highest BCUT2D eigenvalue weighted by Crippen LogP contribution is 2.26. The van der Waals surface area contributed by atoms with E-state index in [-0.39, 0.29) is 35.0 Å². The van der Waals surface area contributed by atoms with Gasteiger partial charge in [-0.3, -0.25) is 13.9 Å². The third-order valence-corrected chi connectivity index (χ3v) is 9.04. The van der Waals surface area contributed by atoms with Gasteiger partial charge in [-0.25, -0.2) is 17.2 Å². The molecule has 7 nitrogen and oxygen atoms in total. The molecule has 0 spiro atoms. The monoisotopic (exact) mass is 633 g/mol. The summed E-state index contributed by atoms with van der Waals surface area (Å²) in [6.45, 7) is 5.01. The number of sulfonamides is 1. The van der Waals surface area contributed by atoms with E-state index in [0.717, 1.165) is 27.6 Å². The molecule has 10 heteroatoms. The molecule has 1 unspecified atom stereocenters. The van der Waals surface area contributed by atoms with Gasteiger partial charge >= 0.3 is 0 Å². The maximum atomic E-state index is 15.0. The predicted molar refractivity (Wildman–Crippen MR) is 171 cm³/mol. The van der Waals surface area contributed by atoms with Crippen molar-refractivity contribution in [3.8, 4) is 0 Å². The minimum absolute atomic E-state index is 0.0556. The molecular weight excluding hydrogens is 596 g/mol. The van der Waals surface area contributed by atoms with E-state index < -0.39 is 46.1 Å². The lowest BCUT2D eigenvalue weighted by atomic mass is 10.0. The molecule has 0 radical (unpaired) electrons. The maximum Gasteiger partial charge on any atom is 0.264 e. The number of halogens is 2. The van der Waals surface area contributed by atoms with E-state index in [4.69, 9.17) is 0 Å². The fourth-order valence-electron chi connectivity index (χ4n) is 4.76. The molecule has 0 heterocycles. The van der Waals surface area contributed by atoms with Gasteiger partial charge in [0.25, 0.3) is 10.0 Å². The van der Waals surface area contributed by atoms with Crippen LogP contribution in [0.5, 0.6) is 0 Å². The van der Waals surface area contributed by atoms with E-state index in [0.29, 0.717) is 6.54 Å². The third kappa shape index (κ3) is 8.76. The van der Waals surface area contributed by atoms with Crippen molar-refractivity contribution in [1.29, 1.82) is 0 Å². The van der Waals surface area contributed by atoms with Crippen LogP contribution in [-0.4, -0.2) is 44.3 Å². The number of carbonyl (C=O) groups excluding carboxylic acids is 2. The molecule has 0 aliphatic carbocycles. The lowest BCUT2D eigenvalue weighted by molar-refractivity contribution is -0.140. The van der Waals surface area contributed by atoms with Crippen LogP contribution < -0.4 is 9.62 Å². The van der Waals surface area contributed by atoms with E-state index in [1.54, 1.807) is 18.2 Å². The van der Waals surface area contributed by atoms with Crippen LogP contribution in [0.1, 0.15) is 30.5 Å². The summed E-state index contributed by atoms with van der Waals surface area (Å²) in [7, 11) is -4.33. The summed E-state index contributed by atoms with van der Waals surface area (Å²) >= 11 is 0. The highest BCUT2D eigenvalue weighted by atomic mass is 32.2. The molecule has 0 bridgehead atoms. The second-order valence-corrected chi connectivity index (χ2v) is 13.1. The number of aryl methyl sites for hydroxylation is 1. The van der Waals surface area contributed by atoms with Crippen LogP contribution in [0.3, 0.4) is 0 Å². The quantitative estimate of drug-likeness (QED) is 0.199. The van der Waals surface area contributed by atoms with Crippen molar-refractivity contribution in [1.82, 2.24) is 10.2 Å². The lowest BCUT2D eigenvalue weighted by Gasteiger charge is -2.34. The zero-order valence-corrected chi connectivity index (χ0v) is 26.3. The summed E-state index contributed by atoms with van der Waals surface area (Å²) < 4.78 is 57.8. The molecule has 0 saturated carbocycles. The van der Waals surface area contributed by atoms with Gasteiger partial charge in [0.05, 0.1) is 10.6 Å². The molecule has 2 amide bonds. The van der Waals surface area contributed by atoms with E-state index in [1.165, 1.54) is 47.4 Å². The van der Waals surface area contributed by atoms with Crippen LogP contribution in [0.4, 0.5) is 14.5 Å². The molecule has 4 aromatic rings. The molecule has 0 aliphatic heterocycles. The van der Waals surface area contributed by atoms with Crippen molar-refractivity contribution in [2.45, 2.75) is 44.7 Å². The van der Waals surface area contributed by atoms with Crippen molar-refractivity contribution < 1.29 is 26.8 Å². The second kappa shape index (κ2) is 14.9. The first-order chi connectivity index (χ1) is 21.5. The van der Waals surface area contributed by atoms with E-state index in [9.17, 15) is 26.8 Å². The van der Waals surface area contributed by atoms with Gasteiger partial charge in [0, 0.05) is 25.1 Å². The van der Waals surface area contributed by atoms with Crippen molar-refractivity contribution in [3.05, 3.63) is 131 Å². The topological polar surface area (TPSA) is 86.8 Å². The molecule has 0 saturated heterocycles. The Hall–Kier alpha value is -4.57. The summed E-state index contributed by atoms with van der Waals surface area (Å²) in [5, 5.41) is 2.89. The smallest absolute Gasteiger partial charge is 0.264 e. The summed E-state index contributed by atoms with van der Waals surface area (Å²) in [5.74, 6) is -2.22. The molecule has 1 N–H and O–H groups in total. The fourth-order valence-corrected chi connectivity index (χ4v) is 6.17. The highest BCUT2D eigenvalue weighted by Gasteiger charge is 2.35. The Balaban J connectivity index is 1.80. The number of hydrogen-bond donors (Lipinski definition) is 1. The molecular formula is C35H37F2N3O4S. The number of anilines is 1. The summed E-state index contributed by atoms with van der Waals surface area (Å²) in [5.41, 5.74) is 1.82. The zero-order valence-electron chi connectivity index (χ0n) is 25.5. The first kappa shape index (κ1) is 33.3. The standard InChI is InChI=1S/C35H37F2N3O4S/c1-25(2)22-38-35(42)33(21-27-9-5-4-6-10-27)39(23-28-11-7-8-12-32(28)37)34(41)24-40(30-17-15-29(36)16-18-30)45(43,44)31-19-13-26(3)14-20-31/h4-20,25,33H,21-24H2,1-3H3,(H,38,42). The lowest BCUT2D eigenvalue weighted by Crippen LogP contribution is -2.53. The Morgan fingerprint density at radius 1 is 0.822 bits per heavy atom. The summed E-state index contributed by atoms with van der Waals surface area (Å²) in [4.78, 5) is 29.3. The van der Waals surface area contributed by atoms with Crippen molar-refractivity contribution in [2.24, 2.45) is 5.92 Å². The van der Waals surface area contributed by atoms with Crippen molar-refractivity contribution >= 4 is 27.5 Å². The molecule has 4 rings (SSSR count). The van der Waals surface area contributed by atoms with Crippen molar-refractivity contribution in [3.63, 3.8) is 0 Å². The average molecular weight is 634 g/mol. The molecule has 0 aromatic heterocycles. The fraction of sp³-hybridized carbons (Fsp3) is 0.257. The Labute approximate surface area is 263 Å². The maximum absolute atomic E-state index is 15.0. The summed E-state index contributed by atoms with van der Waals surface area (Å²) in [6, 6.07) is 24.8. The van der Waals surface area contributed by atoms with Crippen molar-refractivity contribution in [2.75, 3.05) is 17.4 Å². The van der Waals surface area contributed by atoms with Gasteiger partial charge in [-0.15, -0.1) is 0 Å². The van der Waals surface area contributed by atoms with Gasteiger partial charge in [-0.2, -0.15) is 0 Å². The Morgan fingerprint density at radius 3 is 2.07 bits per heavy atom. The Bertz CT molecular complexity index is 1700. The van der Waals surface area contributed by atoms with E-state index >= 15 is 0 Å². The highest BCUT2D eigenvalue weighted by molar-refractivity contribution is 7.92. The van der Waals surface area contributed by atoms with Crippen LogP contribution in [0.25, 0.3) is 0 Å². The molecule has 236 valence electrons. The largest absolute Gasteiger partial charge is 0.354 e. The Kier molecular flexibility index (Phi) is 11.1. The average Bonchev–Trinajstić information content (AvgIpc) is 3.02. The van der Waals surface area contributed by atoms with Gasteiger partial charge in [-0.1, -0.05) is 80.1 Å². The minimum atomic E-state index is -4.33. The SMILES string of the molecule is Cc1ccc(S(=O)(=O)N(CC(=O)N(Cc2ccccc2F)C(Cc2ccccc2)C(=O)NCC(C)C)c2ccc(F)cc2)cc1. The first-order valence-electron chi connectivity index (χ1n) is 14.6. The number of nitrogens with one attached hydrogen (secondary N) is 1. The van der Waals surface area contributed by atoms with Gasteiger partial charge < -0.3 is 10.2 Å². The number of hydrogen-bond acceptors (Lipinski definition) is 4. The van der Waals surface area contributed by atoms with Gasteiger partial charge in [-0.05, 0) is 60.9 Å². The predicted octanol–water partition coefficient (Wildman–Crippen LogP) is 5.88. The van der Waals surface area contributed by atoms with Gasteiger partial charge in [0.15, 0.2) is 0 Å². The summed E-state index contributed by atoms with van der Waals surface area (Å²) in [6.07, 6.45) is 0.103. The second-order valence-electron chi connectivity index (χ2n) is 11.3. The first-order valence-corrected chi connectivity index (χ1v) is 16.1. The zero-order chi connectivity index (χ0) is 32.6. The normalized spacial score (nSPS) is 12.0. The van der Waals surface area contributed by atoms with Gasteiger partial charge in [0.2, 0.25) is 11.8 Å². The molecule has 1 atom stereocenters. The number of benzene rings is 4. The number of rotatable bonds is 13. The Morgan fingerprint density at radius 2 is 1.44 bits per heavy atom. The molecule has 0 aliphatic rings. The van der Waals surface area contributed by atoms with E-state index in [1.807, 2.05) is 51.1 Å². The molecule has 0 fully saturated rings. The van der Waals surface area contributed by atoms with Crippen LogP contribution in [0.2, 0.25) is 0 Å². The molecule has 45 heavy (non-hydrogen) atoms. The number of amides is 2. The van der Waals surface area contributed by atoms with Crippen LogP contribution in [0.15, 0.2) is 108 Å². The van der Waals surface area contributed by atoms with Gasteiger partial charge in [0.1, 0.15) is 24.2 Å². The number of carbonyl (C=O) groups is 2. The minimum Gasteiger partial charge on any atom is -0.354 e. The van der Waals surface area contributed by atoms with Crippen LogP contribution in [-0.2, 0) is 32.6 Å². The van der Waals surface area contributed by atoms with E-state index in [2.05, 4.69) is 5.32 Å².